The molecule has 0 spiro atoms. The van der Waals surface area contributed by atoms with Crippen LogP contribution in [0.3, 0.4) is 0 Å². The molecule has 1 aliphatic heterocycles. The Balaban J connectivity index is 1.72. The van der Waals surface area contributed by atoms with Crippen LogP contribution in [0.25, 0.3) is 6.08 Å². The molecule has 166 valence electrons. The Bertz CT molecular complexity index is 1060. The number of para-hydroxylation sites is 1. The first-order valence-corrected chi connectivity index (χ1v) is 11.8. The number of hydrogen-bond acceptors (Lipinski definition) is 5. The van der Waals surface area contributed by atoms with E-state index in [9.17, 15) is 9.90 Å². The SMILES string of the molecule is C=CCc1cc(/C=C2/SC(=Nc3ccccc3)N(C3CCCCC3)C2=O)cc(OC)c1O. The first-order chi connectivity index (χ1) is 15.6. The number of benzene rings is 2. The van der Waals surface area contributed by atoms with E-state index in [-0.39, 0.29) is 17.7 Å². The molecule has 4 rings (SSSR count). The molecule has 1 heterocycles. The number of amidine groups is 1. The molecule has 1 amide bonds. The minimum atomic E-state index is -0.00565. The Morgan fingerprint density at radius 2 is 1.97 bits per heavy atom. The Morgan fingerprint density at radius 3 is 2.66 bits per heavy atom. The molecule has 1 saturated heterocycles. The quantitative estimate of drug-likeness (QED) is 0.431. The van der Waals surface area contributed by atoms with Crippen molar-refractivity contribution in [3.8, 4) is 11.5 Å². The van der Waals surface area contributed by atoms with Crippen molar-refractivity contribution in [3.05, 3.63) is 71.2 Å². The summed E-state index contributed by atoms with van der Waals surface area (Å²) in [7, 11) is 1.52. The van der Waals surface area contributed by atoms with Gasteiger partial charge in [-0.1, -0.05) is 43.5 Å². The van der Waals surface area contributed by atoms with E-state index in [0.717, 1.165) is 42.1 Å². The first-order valence-electron chi connectivity index (χ1n) is 11.0. The lowest BCUT2D eigenvalue weighted by atomic mass is 9.94. The summed E-state index contributed by atoms with van der Waals surface area (Å²) in [5, 5.41) is 11.1. The number of methoxy groups -OCH3 is 1. The average molecular weight is 449 g/mol. The van der Waals surface area contributed by atoms with Crippen LogP contribution in [0.4, 0.5) is 5.69 Å². The molecule has 2 aromatic rings. The molecular weight excluding hydrogens is 420 g/mol. The lowest BCUT2D eigenvalue weighted by molar-refractivity contribution is -0.124. The van der Waals surface area contributed by atoms with Crippen molar-refractivity contribution < 1.29 is 14.6 Å². The molecule has 2 aromatic carbocycles. The fraction of sp³-hybridized carbons (Fsp3) is 0.308. The predicted octanol–water partition coefficient (Wildman–Crippen LogP) is 6.07. The molecule has 0 unspecified atom stereocenters. The van der Waals surface area contributed by atoms with Gasteiger partial charge in [0.25, 0.3) is 5.91 Å². The smallest absolute Gasteiger partial charge is 0.267 e. The Hall–Kier alpha value is -2.99. The second kappa shape index (κ2) is 10.1. The van der Waals surface area contributed by atoms with Crippen LogP contribution in [0.15, 0.2) is 65.0 Å². The molecule has 6 heteroatoms. The topological polar surface area (TPSA) is 62.1 Å². The van der Waals surface area contributed by atoms with Gasteiger partial charge in [0.05, 0.1) is 17.7 Å². The third kappa shape index (κ3) is 4.75. The van der Waals surface area contributed by atoms with Crippen LogP contribution in [-0.2, 0) is 11.2 Å². The van der Waals surface area contributed by atoms with E-state index >= 15 is 0 Å². The highest BCUT2D eigenvalue weighted by atomic mass is 32.2. The predicted molar refractivity (Wildman–Crippen MR) is 131 cm³/mol. The monoisotopic (exact) mass is 448 g/mol. The minimum absolute atomic E-state index is 0.00565. The van der Waals surface area contributed by atoms with Gasteiger partial charge < -0.3 is 9.84 Å². The van der Waals surface area contributed by atoms with Gasteiger partial charge in [-0.05, 0) is 66.9 Å². The zero-order chi connectivity index (χ0) is 22.5. The van der Waals surface area contributed by atoms with Gasteiger partial charge in [-0.2, -0.15) is 0 Å². The van der Waals surface area contributed by atoms with E-state index in [1.165, 1.54) is 25.3 Å². The van der Waals surface area contributed by atoms with Crippen molar-refractivity contribution in [1.29, 1.82) is 0 Å². The molecule has 5 nitrogen and oxygen atoms in total. The molecule has 1 aliphatic carbocycles. The summed E-state index contributed by atoms with van der Waals surface area (Å²) in [5.41, 5.74) is 2.35. The summed E-state index contributed by atoms with van der Waals surface area (Å²) in [6.45, 7) is 3.76. The number of aliphatic imine (C=N–C) groups is 1. The van der Waals surface area contributed by atoms with Crippen LogP contribution in [0.5, 0.6) is 11.5 Å². The van der Waals surface area contributed by atoms with Gasteiger partial charge in [0.1, 0.15) is 0 Å². The number of allylic oxidation sites excluding steroid dienone is 1. The van der Waals surface area contributed by atoms with Crippen molar-refractivity contribution in [2.45, 2.75) is 44.6 Å². The molecule has 1 N–H and O–H groups in total. The van der Waals surface area contributed by atoms with Crippen molar-refractivity contribution in [3.63, 3.8) is 0 Å². The Labute approximate surface area is 193 Å². The van der Waals surface area contributed by atoms with E-state index in [2.05, 4.69) is 6.58 Å². The maximum Gasteiger partial charge on any atom is 0.267 e. The number of thioether (sulfide) groups is 1. The maximum atomic E-state index is 13.5. The number of ether oxygens (including phenoxy) is 1. The minimum Gasteiger partial charge on any atom is -0.504 e. The standard InChI is InChI=1S/C26H28N2O3S/c1-3-10-19-15-18(16-22(31-2)24(19)29)17-23-25(30)28(21-13-8-5-9-14-21)26(32-23)27-20-11-6-4-7-12-20/h3-4,6-7,11-12,15-17,21,29H,1,5,8-10,13-14H2,2H3/b23-17+,27-26?. The molecule has 1 saturated carbocycles. The van der Waals surface area contributed by atoms with Gasteiger partial charge in [0.2, 0.25) is 0 Å². The first kappa shape index (κ1) is 22.2. The fourth-order valence-electron chi connectivity index (χ4n) is 4.23. The van der Waals surface area contributed by atoms with Crippen molar-refractivity contribution in [2.24, 2.45) is 4.99 Å². The summed E-state index contributed by atoms with van der Waals surface area (Å²) in [4.78, 5) is 20.8. The number of phenolic OH excluding ortho intramolecular Hbond substituents is 1. The summed E-state index contributed by atoms with van der Waals surface area (Å²) in [6.07, 6.45) is 9.61. The van der Waals surface area contributed by atoms with Gasteiger partial charge >= 0.3 is 0 Å². The van der Waals surface area contributed by atoms with Crippen molar-refractivity contribution in [2.75, 3.05) is 7.11 Å². The highest BCUT2D eigenvalue weighted by Gasteiger charge is 2.38. The number of rotatable bonds is 6. The van der Waals surface area contributed by atoms with Gasteiger partial charge in [-0.15, -0.1) is 6.58 Å². The normalized spacial score (nSPS) is 19.7. The van der Waals surface area contributed by atoms with E-state index in [1.807, 2.05) is 47.4 Å². The average Bonchev–Trinajstić information content (AvgIpc) is 3.11. The van der Waals surface area contributed by atoms with Gasteiger partial charge in [0.15, 0.2) is 16.7 Å². The fourth-order valence-corrected chi connectivity index (χ4v) is 5.29. The third-order valence-corrected chi connectivity index (χ3v) is 6.80. The van der Waals surface area contributed by atoms with Crippen LogP contribution in [-0.4, -0.2) is 34.2 Å². The number of hydrogen-bond donors (Lipinski definition) is 1. The Kier molecular flexibility index (Phi) is 7.00. The number of carbonyl (C=O) groups is 1. The molecule has 2 aliphatic rings. The van der Waals surface area contributed by atoms with Gasteiger partial charge in [-0.25, -0.2) is 4.99 Å². The summed E-state index contributed by atoms with van der Waals surface area (Å²) in [6, 6.07) is 13.6. The van der Waals surface area contributed by atoms with Crippen LogP contribution >= 0.6 is 11.8 Å². The lowest BCUT2D eigenvalue weighted by Gasteiger charge is -2.30. The summed E-state index contributed by atoms with van der Waals surface area (Å²) >= 11 is 1.41. The molecule has 0 aromatic heterocycles. The van der Waals surface area contributed by atoms with E-state index < -0.39 is 0 Å². The highest BCUT2D eigenvalue weighted by molar-refractivity contribution is 8.18. The van der Waals surface area contributed by atoms with Crippen molar-refractivity contribution in [1.82, 2.24) is 4.90 Å². The largest absolute Gasteiger partial charge is 0.504 e. The van der Waals surface area contributed by atoms with Crippen LogP contribution in [0, 0.1) is 0 Å². The number of nitrogens with zero attached hydrogens (tertiary/aromatic N) is 2. The summed E-state index contributed by atoms with van der Waals surface area (Å²) in [5.74, 6) is 0.484. The van der Waals surface area contributed by atoms with Crippen LogP contribution < -0.4 is 4.74 Å². The number of carbonyl (C=O) groups excluding carboxylic acids is 1. The van der Waals surface area contributed by atoms with Gasteiger partial charge in [-0.3, -0.25) is 9.69 Å². The highest BCUT2D eigenvalue weighted by Crippen LogP contribution is 2.40. The van der Waals surface area contributed by atoms with E-state index in [0.29, 0.717) is 22.6 Å². The number of phenols is 1. The van der Waals surface area contributed by atoms with E-state index in [1.54, 1.807) is 12.1 Å². The maximum absolute atomic E-state index is 13.5. The molecule has 0 bridgehead atoms. The molecule has 0 atom stereocenters. The van der Waals surface area contributed by atoms with Crippen molar-refractivity contribution >= 4 is 34.6 Å². The number of amides is 1. The second-order valence-corrected chi connectivity index (χ2v) is 9.04. The second-order valence-electron chi connectivity index (χ2n) is 8.03. The molecule has 32 heavy (non-hydrogen) atoms. The zero-order valence-corrected chi connectivity index (χ0v) is 19.1. The van der Waals surface area contributed by atoms with Crippen LogP contribution in [0.1, 0.15) is 43.2 Å². The lowest BCUT2D eigenvalue weighted by Crippen LogP contribution is -2.40. The Morgan fingerprint density at radius 1 is 1.22 bits per heavy atom. The number of aromatic hydroxyl groups is 1. The zero-order valence-electron chi connectivity index (χ0n) is 18.3. The molecule has 2 fully saturated rings. The third-order valence-electron chi connectivity index (χ3n) is 5.82. The van der Waals surface area contributed by atoms with Crippen LogP contribution in [0.2, 0.25) is 0 Å². The van der Waals surface area contributed by atoms with Gasteiger partial charge in [0, 0.05) is 11.6 Å². The summed E-state index contributed by atoms with van der Waals surface area (Å²) < 4.78 is 5.34. The molecule has 0 radical (unpaired) electrons. The molecular formula is C26H28N2O3S. The van der Waals surface area contributed by atoms with E-state index in [4.69, 9.17) is 9.73 Å².